The molecule has 0 aromatic rings. The van der Waals surface area contributed by atoms with Crippen molar-refractivity contribution >= 4 is 11.8 Å². The molecule has 0 saturated heterocycles. The van der Waals surface area contributed by atoms with Crippen molar-refractivity contribution in [3.63, 3.8) is 0 Å². The van der Waals surface area contributed by atoms with Crippen LogP contribution >= 0.6 is 11.8 Å². The predicted octanol–water partition coefficient (Wildman–Crippen LogP) is -1.98. The largest absolute Gasteiger partial charge is 1.00 e. The van der Waals surface area contributed by atoms with Crippen molar-refractivity contribution in [3.05, 3.63) is 0 Å². The zero-order valence-electron chi connectivity index (χ0n) is 5.94. The van der Waals surface area contributed by atoms with Crippen LogP contribution in [0.15, 0.2) is 0 Å². The minimum atomic E-state index is 0. The average molecular weight is 156 g/mol. The topological polar surface area (TPSA) is 0 Å². The minimum Gasteiger partial charge on any atom is -1.00 e. The molecule has 0 aliphatic carbocycles. The van der Waals surface area contributed by atoms with E-state index in [9.17, 15) is 0 Å². The summed E-state index contributed by atoms with van der Waals surface area (Å²) in [5, 5.41) is 0. The second-order valence-corrected chi connectivity index (χ2v) is 3.54. The van der Waals surface area contributed by atoms with Gasteiger partial charge in [0.25, 0.3) is 0 Å². The van der Waals surface area contributed by atoms with E-state index in [1.54, 1.807) is 0 Å². The van der Waals surface area contributed by atoms with Crippen LogP contribution in [0.2, 0.25) is 0 Å². The molecule has 0 radical (unpaired) electrons. The van der Waals surface area contributed by atoms with Crippen molar-refractivity contribution in [2.45, 2.75) is 0 Å². The molecule has 1 nitrogen and oxygen atoms in total. The second kappa shape index (κ2) is 4.48. The van der Waals surface area contributed by atoms with Crippen LogP contribution in [0.4, 0.5) is 0 Å². The molecule has 8 heavy (non-hydrogen) atoms. The van der Waals surface area contributed by atoms with Crippen molar-refractivity contribution in [2.75, 3.05) is 33.3 Å². The van der Waals surface area contributed by atoms with E-state index >= 15 is 0 Å². The molecule has 0 heterocycles. The molecule has 0 aliphatic rings. The van der Waals surface area contributed by atoms with Crippen molar-refractivity contribution in [3.8, 4) is 0 Å². The fraction of sp³-hybridized carbons (Fsp3) is 1.00. The lowest BCUT2D eigenvalue weighted by Gasteiger charge is -2.21. The summed E-state index contributed by atoms with van der Waals surface area (Å²) in [6.07, 6.45) is 2.13. The fourth-order valence-corrected chi connectivity index (χ4v) is 1.16. The summed E-state index contributed by atoms with van der Waals surface area (Å²) in [5.41, 5.74) is 0. The Morgan fingerprint density at radius 3 is 1.62 bits per heavy atom. The molecule has 52 valence electrons. The van der Waals surface area contributed by atoms with E-state index in [2.05, 4.69) is 27.4 Å². The van der Waals surface area contributed by atoms with E-state index < -0.39 is 0 Å². The van der Waals surface area contributed by atoms with Crippen LogP contribution in [0, 0.1) is 0 Å². The SMILES string of the molecule is CSC[N+](C)(C)C.[Cl-]. The van der Waals surface area contributed by atoms with E-state index in [0.29, 0.717) is 0 Å². The van der Waals surface area contributed by atoms with Crippen LogP contribution in [0.25, 0.3) is 0 Å². The normalized spacial score (nSPS) is 10.5. The molecular weight excluding hydrogens is 142 g/mol. The maximum atomic E-state index is 2.19. The zero-order chi connectivity index (χ0) is 5.91. The summed E-state index contributed by atoms with van der Waals surface area (Å²) in [4.78, 5) is 0. The zero-order valence-corrected chi connectivity index (χ0v) is 7.51. The number of hydrogen-bond acceptors (Lipinski definition) is 1. The Hall–Kier alpha value is 0.600. The Morgan fingerprint density at radius 2 is 1.62 bits per heavy atom. The first-order chi connectivity index (χ1) is 3.06. The van der Waals surface area contributed by atoms with E-state index in [1.165, 1.54) is 5.88 Å². The third kappa shape index (κ3) is 9.78. The van der Waals surface area contributed by atoms with Crippen LogP contribution in [-0.4, -0.2) is 37.8 Å². The molecule has 0 aliphatic heterocycles. The molecule has 0 saturated carbocycles. The summed E-state index contributed by atoms with van der Waals surface area (Å²) in [5.74, 6) is 1.19. The van der Waals surface area contributed by atoms with Gasteiger partial charge in [0.15, 0.2) is 0 Å². The van der Waals surface area contributed by atoms with E-state index in [4.69, 9.17) is 0 Å². The Morgan fingerprint density at radius 1 is 1.25 bits per heavy atom. The molecule has 0 bridgehead atoms. The molecule has 0 aromatic carbocycles. The molecule has 3 heteroatoms. The first-order valence-corrected chi connectivity index (χ1v) is 3.75. The average Bonchev–Trinajstić information content (AvgIpc) is 1.30. The number of halogens is 1. The van der Waals surface area contributed by atoms with Crippen LogP contribution in [0.1, 0.15) is 0 Å². The van der Waals surface area contributed by atoms with Gasteiger partial charge in [-0.1, -0.05) is 0 Å². The molecular formula is C5H14ClNS. The molecule has 0 amide bonds. The van der Waals surface area contributed by atoms with Gasteiger partial charge in [0, 0.05) is 0 Å². The maximum Gasteiger partial charge on any atom is 0.124 e. The van der Waals surface area contributed by atoms with Gasteiger partial charge < -0.3 is 16.9 Å². The molecule has 0 rings (SSSR count). The summed E-state index contributed by atoms with van der Waals surface area (Å²) in [6.45, 7) is 0. The van der Waals surface area contributed by atoms with Crippen LogP contribution in [0.5, 0.6) is 0 Å². The standard InChI is InChI=1S/C5H14NS.ClH/c1-6(2,3)5-7-4;/h5H2,1-4H3;1H/q+1;/p-1. The highest BCUT2D eigenvalue weighted by atomic mass is 35.5. The minimum absolute atomic E-state index is 0. The lowest BCUT2D eigenvalue weighted by Crippen LogP contribution is -3.00. The first kappa shape index (κ1) is 11.4. The Kier molecular flexibility index (Phi) is 6.38. The third-order valence-corrected chi connectivity index (χ3v) is 1.55. The smallest absolute Gasteiger partial charge is 0.124 e. The van der Waals surface area contributed by atoms with Gasteiger partial charge in [0.05, 0.1) is 21.1 Å². The molecule has 0 unspecified atom stereocenters. The molecule has 0 fully saturated rings. The second-order valence-electron chi connectivity index (χ2n) is 2.71. The van der Waals surface area contributed by atoms with Gasteiger partial charge in [-0.15, -0.1) is 11.8 Å². The highest BCUT2D eigenvalue weighted by Crippen LogP contribution is 1.99. The predicted molar refractivity (Wildman–Crippen MR) is 36.4 cm³/mol. The maximum absolute atomic E-state index is 2.19. The van der Waals surface area contributed by atoms with Crippen molar-refractivity contribution in [1.29, 1.82) is 0 Å². The number of nitrogens with zero attached hydrogens (tertiary/aromatic N) is 1. The van der Waals surface area contributed by atoms with Gasteiger partial charge in [-0.2, -0.15) is 0 Å². The van der Waals surface area contributed by atoms with Crippen LogP contribution in [-0.2, 0) is 0 Å². The van der Waals surface area contributed by atoms with E-state index in [-0.39, 0.29) is 12.4 Å². The van der Waals surface area contributed by atoms with Crippen molar-refractivity contribution in [1.82, 2.24) is 0 Å². The summed E-state index contributed by atoms with van der Waals surface area (Å²) < 4.78 is 1.06. The fourth-order valence-electron chi connectivity index (χ4n) is 0.387. The Balaban J connectivity index is 0. The quantitative estimate of drug-likeness (QED) is 0.329. The monoisotopic (exact) mass is 155 g/mol. The molecule has 0 N–H and O–H groups in total. The van der Waals surface area contributed by atoms with Gasteiger partial charge in [0.1, 0.15) is 5.88 Å². The van der Waals surface area contributed by atoms with Crippen LogP contribution in [0.3, 0.4) is 0 Å². The lowest BCUT2D eigenvalue weighted by molar-refractivity contribution is -0.857. The van der Waals surface area contributed by atoms with Crippen LogP contribution < -0.4 is 12.4 Å². The van der Waals surface area contributed by atoms with Gasteiger partial charge >= 0.3 is 0 Å². The van der Waals surface area contributed by atoms with Crippen molar-refractivity contribution in [2.24, 2.45) is 0 Å². The Bertz CT molecular complexity index is 50.9. The van der Waals surface area contributed by atoms with E-state index in [1.807, 2.05) is 11.8 Å². The number of hydrogen-bond donors (Lipinski definition) is 0. The lowest BCUT2D eigenvalue weighted by atomic mass is 10.8. The highest BCUT2D eigenvalue weighted by molar-refractivity contribution is 7.98. The molecule has 0 atom stereocenters. The summed E-state index contributed by atoms with van der Waals surface area (Å²) in [6, 6.07) is 0. The summed E-state index contributed by atoms with van der Waals surface area (Å²) >= 11 is 1.88. The van der Waals surface area contributed by atoms with Gasteiger partial charge in [0.2, 0.25) is 0 Å². The summed E-state index contributed by atoms with van der Waals surface area (Å²) in [7, 11) is 6.57. The van der Waals surface area contributed by atoms with Gasteiger partial charge in [-0.05, 0) is 6.26 Å². The molecule has 0 spiro atoms. The van der Waals surface area contributed by atoms with E-state index in [0.717, 1.165) is 4.48 Å². The van der Waals surface area contributed by atoms with Gasteiger partial charge in [-0.3, -0.25) is 0 Å². The first-order valence-electron chi connectivity index (χ1n) is 2.35. The number of thioether (sulfide) groups is 1. The number of quaternary nitrogens is 1. The van der Waals surface area contributed by atoms with Crippen molar-refractivity contribution < 1.29 is 16.9 Å². The molecule has 0 aromatic heterocycles. The third-order valence-electron chi connectivity index (χ3n) is 0.516. The van der Waals surface area contributed by atoms with Gasteiger partial charge in [-0.25, -0.2) is 0 Å². The number of rotatable bonds is 2. The Labute approximate surface area is 62.4 Å². The highest BCUT2D eigenvalue weighted by Gasteiger charge is 2.01.